The van der Waals surface area contributed by atoms with E-state index in [1.807, 2.05) is 13.0 Å². The Morgan fingerprint density at radius 3 is 2.10 bits per heavy atom. The van der Waals surface area contributed by atoms with Gasteiger partial charge in [0.25, 0.3) is 11.8 Å². The number of amides is 2. The number of benzene rings is 2. The highest BCUT2D eigenvalue weighted by Crippen LogP contribution is 2.39. The number of nitrogens with zero attached hydrogens (tertiary/aromatic N) is 1. The lowest BCUT2D eigenvalue weighted by Crippen LogP contribution is -2.55. The highest BCUT2D eigenvalue weighted by atomic mass is 35.5. The van der Waals surface area contributed by atoms with Gasteiger partial charge < -0.3 is 14.2 Å². The monoisotopic (exact) mass is 630 g/mol. The van der Waals surface area contributed by atoms with Crippen LogP contribution in [0.25, 0.3) is 0 Å². The molecule has 0 aliphatic carbocycles. The topological polar surface area (TPSA) is 112 Å². The van der Waals surface area contributed by atoms with Gasteiger partial charge >= 0.3 is 0 Å². The molecule has 0 fully saturated rings. The van der Waals surface area contributed by atoms with Crippen molar-refractivity contribution in [2.45, 2.75) is 104 Å². The Morgan fingerprint density at radius 2 is 1.55 bits per heavy atom. The summed E-state index contributed by atoms with van der Waals surface area (Å²) < 4.78 is 12.9. The van der Waals surface area contributed by atoms with Crippen molar-refractivity contribution in [1.29, 1.82) is 5.26 Å². The van der Waals surface area contributed by atoms with Crippen LogP contribution in [0.1, 0.15) is 70.0 Å². The second-order valence-corrected chi connectivity index (χ2v) is 23.6. The Balaban J connectivity index is 2.29. The van der Waals surface area contributed by atoms with E-state index in [4.69, 9.17) is 20.5 Å². The molecule has 2 rings (SSSR count). The van der Waals surface area contributed by atoms with Gasteiger partial charge in [0.1, 0.15) is 17.9 Å². The summed E-state index contributed by atoms with van der Waals surface area (Å²) in [5.74, 6) is -0.342. The third-order valence-corrected chi connectivity index (χ3v) is 17.8. The van der Waals surface area contributed by atoms with Crippen molar-refractivity contribution in [3.8, 4) is 11.8 Å². The fourth-order valence-corrected chi connectivity index (χ4v) is 6.27. The first-order valence-electron chi connectivity index (χ1n) is 14.1. The average molecular weight is 631 g/mol. The van der Waals surface area contributed by atoms with E-state index in [-0.39, 0.29) is 10.1 Å². The summed E-state index contributed by atoms with van der Waals surface area (Å²) in [6, 6.07) is 11.5. The molecule has 2 amide bonds. The van der Waals surface area contributed by atoms with E-state index in [0.717, 1.165) is 0 Å². The molecule has 0 saturated heterocycles. The molecular weight excluding hydrogens is 584 g/mol. The van der Waals surface area contributed by atoms with Gasteiger partial charge in [-0.1, -0.05) is 59.2 Å². The van der Waals surface area contributed by atoms with Gasteiger partial charge in [0.05, 0.1) is 16.7 Å². The molecule has 0 aliphatic heterocycles. The normalized spacial score (nSPS) is 13.9. The zero-order chi connectivity index (χ0) is 32.3. The number of hydrogen-bond acceptors (Lipinski definition) is 6. The third-order valence-electron chi connectivity index (χ3n) is 8.43. The Hall–Kier alpha value is -2.85. The minimum Gasteiger partial charge on any atom is -0.543 e. The Labute approximate surface area is 258 Å². The largest absolute Gasteiger partial charge is 0.543 e. The molecule has 0 saturated carbocycles. The first-order chi connectivity index (χ1) is 19.1. The molecule has 8 nitrogen and oxygen atoms in total. The summed E-state index contributed by atoms with van der Waals surface area (Å²) in [6.07, 6.45) is -0.557. The maximum Gasteiger partial charge on any atom is 0.269 e. The van der Waals surface area contributed by atoms with Gasteiger partial charge in [-0.3, -0.25) is 20.4 Å². The maximum atomic E-state index is 13.6. The fourth-order valence-electron chi connectivity index (χ4n) is 3.62. The fraction of sp³-hybridized carbons (Fsp3) is 0.516. The summed E-state index contributed by atoms with van der Waals surface area (Å²) in [7, 11) is -4.36. The van der Waals surface area contributed by atoms with Crippen LogP contribution in [0.3, 0.4) is 0 Å². The molecule has 0 spiro atoms. The third kappa shape index (κ3) is 8.60. The molecule has 230 valence electrons. The van der Waals surface area contributed by atoms with Crippen LogP contribution in [0.5, 0.6) is 5.75 Å². The Morgan fingerprint density at radius 1 is 0.952 bits per heavy atom. The number of nitriles is 1. The molecule has 2 aromatic rings. The highest BCUT2D eigenvalue weighted by molar-refractivity contribution is 6.75. The number of anilines is 1. The van der Waals surface area contributed by atoms with Gasteiger partial charge in [0.2, 0.25) is 8.32 Å². The van der Waals surface area contributed by atoms with E-state index in [2.05, 4.69) is 90.0 Å². The minimum absolute atomic E-state index is 0.00192. The lowest BCUT2D eigenvalue weighted by molar-refractivity contribution is -0.124. The molecule has 11 heteroatoms. The number of hydrazine groups is 1. The molecule has 2 aromatic carbocycles. The summed E-state index contributed by atoms with van der Waals surface area (Å²) in [4.78, 5) is 26.7. The summed E-state index contributed by atoms with van der Waals surface area (Å²) in [5.41, 5.74) is 7.04. The van der Waals surface area contributed by atoms with E-state index in [0.29, 0.717) is 33.1 Å². The predicted octanol–water partition coefficient (Wildman–Crippen LogP) is 7.56. The summed E-state index contributed by atoms with van der Waals surface area (Å²) in [6.45, 7) is 25.0. The van der Waals surface area contributed by atoms with Crippen molar-refractivity contribution in [1.82, 2.24) is 10.9 Å². The number of carbonyl (C=O) groups is 2. The zero-order valence-corrected chi connectivity index (χ0v) is 29.8. The number of rotatable bonds is 9. The number of carbonyl (C=O) groups excluding carboxylic acids is 2. The zero-order valence-electron chi connectivity index (χ0n) is 27.1. The van der Waals surface area contributed by atoms with Crippen molar-refractivity contribution >= 4 is 45.7 Å². The van der Waals surface area contributed by atoms with Crippen LogP contribution in [0.4, 0.5) is 5.69 Å². The standard InChI is InChI=1S/C31H47ClN4O4Si2/c1-20-25(17-16-23(19-33)26(20)32)34-27(21(2)39-41(9,10)30(3,4)5)29(38)36-35-28(37)22-14-13-15-24(18-22)40-42(11,12)31(6,7)8/h13-18,21,27,34H,1-12H3,(H,35,37)(H,36,38)/t21-,27+/m0/s1. The first kappa shape index (κ1) is 35.4. The van der Waals surface area contributed by atoms with Crippen molar-refractivity contribution in [2.24, 2.45) is 0 Å². The van der Waals surface area contributed by atoms with Gasteiger partial charge in [0, 0.05) is 11.3 Å². The second-order valence-electron chi connectivity index (χ2n) is 13.8. The SMILES string of the molecule is Cc1c(N[C@@H](C(=O)NNC(=O)c2cccc(O[Si](C)(C)C(C)(C)C)c2)[C@H](C)O[Si](C)(C)C(C)(C)C)ccc(C#N)c1Cl. The lowest BCUT2D eigenvalue weighted by atomic mass is 10.1. The second kappa shape index (κ2) is 13.2. The van der Waals surface area contributed by atoms with Crippen molar-refractivity contribution in [3.05, 3.63) is 58.1 Å². The van der Waals surface area contributed by atoms with Crippen LogP contribution in [-0.2, 0) is 9.22 Å². The van der Waals surface area contributed by atoms with Gasteiger partial charge in [-0.05, 0) is 86.0 Å². The van der Waals surface area contributed by atoms with Crippen LogP contribution in [0.15, 0.2) is 36.4 Å². The smallest absolute Gasteiger partial charge is 0.269 e. The molecule has 0 bridgehead atoms. The number of hydrogen-bond donors (Lipinski definition) is 3. The van der Waals surface area contributed by atoms with E-state index < -0.39 is 40.6 Å². The van der Waals surface area contributed by atoms with E-state index in [1.54, 1.807) is 37.3 Å². The van der Waals surface area contributed by atoms with Gasteiger partial charge in [-0.15, -0.1) is 0 Å². The highest BCUT2D eigenvalue weighted by Gasteiger charge is 2.41. The van der Waals surface area contributed by atoms with E-state index in [1.165, 1.54) is 0 Å². The van der Waals surface area contributed by atoms with Crippen LogP contribution in [0.2, 0.25) is 41.3 Å². The quantitative estimate of drug-likeness (QED) is 0.195. The molecule has 0 unspecified atom stereocenters. The Kier molecular flexibility index (Phi) is 11.1. The van der Waals surface area contributed by atoms with Crippen LogP contribution >= 0.6 is 11.6 Å². The molecule has 0 aliphatic rings. The molecular formula is C31H47ClN4O4Si2. The van der Waals surface area contributed by atoms with E-state index in [9.17, 15) is 14.9 Å². The van der Waals surface area contributed by atoms with Crippen molar-refractivity contribution in [2.75, 3.05) is 5.32 Å². The number of halogens is 1. The first-order valence-corrected chi connectivity index (χ1v) is 20.3. The molecule has 42 heavy (non-hydrogen) atoms. The van der Waals surface area contributed by atoms with Crippen LogP contribution in [0, 0.1) is 18.3 Å². The summed E-state index contributed by atoms with van der Waals surface area (Å²) in [5, 5.41) is 12.8. The molecule has 0 heterocycles. The lowest BCUT2D eigenvalue weighted by Gasteiger charge is -2.40. The van der Waals surface area contributed by atoms with E-state index >= 15 is 0 Å². The molecule has 0 radical (unpaired) electrons. The average Bonchev–Trinajstić information content (AvgIpc) is 2.86. The van der Waals surface area contributed by atoms with Gasteiger partial charge in [-0.2, -0.15) is 5.26 Å². The minimum atomic E-state index is -2.26. The van der Waals surface area contributed by atoms with Gasteiger partial charge in [-0.25, -0.2) is 0 Å². The molecule has 2 atom stereocenters. The maximum absolute atomic E-state index is 13.6. The van der Waals surface area contributed by atoms with Crippen LogP contribution in [-0.4, -0.2) is 40.6 Å². The number of nitrogens with one attached hydrogen (secondary N) is 3. The van der Waals surface area contributed by atoms with Crippen LogP contribution < -0.4 is 20.6 Å². The summed E-state index contributed by atoms with van der Waals surface area (Å²) >= 11 is 6.40. The molecule has 0 aromatic heterocycles. The van der Waals surface area contributed by atoms with Gasteiger partial charge in [0.15, 0.2) is 8.32 Å². The molecule has 3 N–H and O–H groups in total. The predicted molar refractivity (Wildman–Crippen MR) is 176 cm³/mol. The Bertz CT molecular complexity index is 1340. The van der Waals surface area contributed by atoms with Crippen molar-refractivity contribution < 1.29 is 18.4 Å². The van der Waals surface area contributed by atoms with Crippen molar-refractivity contribution in [3.63, 3.8) is 0 Å².